The van der Waals surface area contributed by atoms with Crippen molar-refractivity contribution in [3.8, 4) is 0 Å². The number of rotatable bonds is 4. The van der Waals surface area contributed by atoms with E-state index >= 15 is 0 Å². The highest BCUT2D eigenvalue weighted by Crippen LogP contribution is 2.16. The lowest BCUT2D eigenvalue weighted by Gasteiger charge is -2.32. The summed E-state index contributed by atoms with van der Waals surface area (Å²) < 4.78 is 5.64. The maximum atomic E-state index is 5.64. The molecule has 1 atom stereocenters. The van der Waals surface area contributed by atoms with Crippen molar-refractivity contribution in [3.63, 3.8) is 0 Å². The van der Waals surface area contributed by atoms with E-state index in [4.69, 9.17) is 4.74 Å². The molecule has 0 aromatic carbocycles. The fourth-order valence-electron chi connectivity index (χ4n) is 2.04. The van der Waals surface area contributed by atoms with Gasteiger partial charge in [0.2, 0.25) is 0 Å². The third-order valence-electron chi connectivity index (χ3n) is 2.77. The number of hydrogen-bond acceptors (Lipinski definition) is 2. The van der Waals surface area contributed by atoms with Gasteiger partial charge in [-0.1, -0.05) is 0 Å². The molecule has 13 heavy (non-hydrogen) atoms. The molecule has 1 fully saturated rings. The summed E-state index contributed by atoms with van der Waals surface area (Å²) in [6, 6.07) is 1.26. The molecule has 1 unspecified atom stereocenters. The van der Waals surface area contributed by atoms with Crippen LogP contribution in [0, 0.1) is 0 Å². The summed E-state index contributed by atoms with van der Waals surface area (Å²) in [4.78, 5) is 2.51. The van der Waals surface area contributed by atoms with Crippen molar-refractivity contribution in [2.75, 3.05) is 13.2 Å². The Labute approximate surface area is 82.3 Å². The van der Waals surface area contributed by atoms with E-state index in [1.807, 2.05) is 0 Å². The molecule has 1 aliphatic heterocycles. The summed E-state index contributed by atoms with van der Waals surface area (Å²) in [5.74, 6) is 0. The fourth-order valence-corrected chi connectivity index (χ4v) is 2.04. The van der Waals surface area contributed by atoms with E-state index in [2.05, 4.69) is 32.6 Å². The minimum absolute atomic E-state index is 0.491. The number of ether oxygens (including phenoxy) is 1. The zero-order chi connectivity index (χ0) is 9.84. The molecule has 78 valence electrons. The van der Waals surface area contributed by atoms with Crippen LogP contribution in [0.2, 0.25) is 0 Å². The van der Waals surface area contributed by atoms with E-state index in [1.54, 1.807) is 0 Å². The SMILES string of the molecule is CC(C)N(CC1CCCO1)C(C)C. The van der Waals surface area contributed by atoms with Gasteiger partial charge in [0, 0.05) is 25.2 Å². The molecule has 0 aliphatic carbocycles. The van der Waals surface area contributed by atoms with Crippen LogP contribution in [0.5, 0.6) is 0 Å². The van der Waals surface area contributed by atoms with Gasteiger partial charge in [-0.2, -0.15) is 0 Å². The lowest BCUT2D eigenvalue weighted by molar-refractivity contribution is 0.0494. The largest absolute Gasteiger partial charge is 0.377 e. The molecule has 0 radical (unpaired) electrons. The number of hydrogen-bond donors (Lipinski definition) is 0. The monoisotopic (exact) mass is 185 g/mol. The van der Waals surface area contributed by atoms with E-state index < -0.39 is 0 Å². The highest BCUT2D eigenvalue weighted by molar-refractivity contribution is 4.74. The average molecular weight is 185 g/mol. The Morgan fingerprint density at radius 3 is 2.23 bits per heavy atom. The average Bonchev–Trinajstić information content (AvgIpc) is 2.50. The van der Waals surface area contributed by atoms with Gasteiger partial charge in [-0.05, 0) is 40.5 Å². The molecule has 0 aromatic rings. The van der Waals surface area contributed by atoms with Crippen molar-refractivity contribution in [2.24, 2.45) is 0 Å². The van der Waals surface area contributed by atoms with Crippen molar-refractivity contribution in [3.05, 3.63) is 0 Å². The first-order valence-electron chi connectivity index (χ1n) is 5.48. The van der Waals surface area contributed by atoms with E-state index in [-0.39, 0.29) is 0 Å². The molecule has 0 saturated carbocycles. The third-order valence-corrected chi connectivity index (χ3v) is 2.77. The summed E-state index contributed by atoms with van der Waals surface area (Å²) in [7, 11) is 0. The summed E-state index contributed by atoms with van der Waals surface area (Å²) >= 11 is 0. The van der Waals surface area contributed by atoms with Gasteiger partial charge in [0.1, 0.15) is 0 Å². The first-order chi connectivity index (χ1) is 6.11. The third kappa shape index (κ3) is 3.28. The van der Waals surface area contributed by atoms with Gasteiger partial charge in [0.15, 0.2) is 0 Å². The van der Waals surface area contributed by atoms with Gasteiger partial charge in [0.25, 0.3) is 0 Å². The van der Waals surface area contributed by atoms with Crippen molar-refractivity contribution in [1.29, 1.82) is 0 Å². The van der Waals surface area contributed by atoms with Gasteiger partial charge < -0.3 is 4.74 Å². The molecule has 2 heteroatoms. The second-order valence-corrected chi connectivity index (χ2v) is 4.52. The maximum absolute atomic E-state index is 5.64. The lowest BCUT2D eigenvalue weighted by Crippen LogP contribution is -2.42. The quantitative estimate of drug-likeness (QED) is 0.666. The van der Waals surface area contributed by atoms with Crippen LogP contribution in [0.1, 0.15) is 40.5 Å². The predicted octanol–water partition coefficient (Wildman–Crippen LogP) is 2.28. The highest BCUT2D eigenvalue weighted by atomic mass is 16.5. The van der Waals surface area contributed by atoms with Gasteiger partial charge in [0.05, 0.1) is 6.10 Å². The Balaban J connectivity index is 2.37. The minimum atomic E-state index is 0.491. The van der Waals surface area contributed by atoms with Crippen molar-refractivity contribution < 1.29 is 4.74 Å². The first-order valence-corrected chi connectivity index (χ1v) is 5.48. The van der Waals surface area contributed by atoms with Gasteiger partial charge in [-0.25, -0.2) is 0 Å². The summed E-state index contributed by atoms with van der Waals surface area (Å²) in [6.45, 7) is 11.1. The molecule has 1 saturated heterocycles. The van der Waals surface area contributed by atoms with Crippen molar-refractivity contribution in [2.45, 2.75) is 58.7 Å². The molecule has 0 amide bonds. The molecule has 1 heterocycles. The molecule has 0 bridgehead atoms. The van der Waals surface area contributed by atoms with Gasteiger partial charge in [-0.3, -0.25) is 4.90 Å². The van der Waals surface area contributed by atoms with Crippen LogP contribution in [-0.4, -0.2) is 36.2 Å². The maximum Gasteiger partial charge on any atom is 0.0703 e. The Hall–Kier alpha value is -0.0800. The lowest BCUT2D eigenvalue weighted by atomic mass is 10.1. The molecule has 1 aliphatic rings. The predicted molar refractivity (Wildman–Crippen MR) is 56.0 cm³/mol. The van der Waals surface area contributed by atoms with E-state index in [0.29, 0.717) is 18.2 Å². The van der Waals surface area contributed by atoms with E-state index in [0.717, 1.165) is 13.2 Å². The molecule has 0 aromatic heterocycles. The fraction of sp³-hybridized carbons (Fsp3) is 1.00. The molecule has 2 nitrogen and oxygen atoms in total. The van der Waals surface area contributed by atoms with Gasteiger partial charge in [-0.15, -0.1) is 0 Å². The molecular formula is C11H23NO. The standard InChI is InChI=1S/C11H23NO/c1-9(2)12(10(3)4)8-11-6-5-7-13-11/h9-11H,5-8H2,1-4H3. The Morgan fingerprint density at radius 2 is 1.85 bits per heavy atom. The Morgan fingerprint density at radius 1 is 1.23 bits per heavy atom. The van der Waals surface area contributed by atoms with E-state index in [1.165, 1.54) is 12.8 Å². The van der Waals surface area contributed by atoms with Crippen LogP contribution >= 0.6 is 0 Å². The molecule has 1 rings (SSSR count). The summed E-state index contributed by atoms with van der Waals surface area (Å²) in [5, 5.41) is 0. The Kier molecular flexibility index (Phi) is 4.20. The molecule has 0 N–H and O–H groups in total. The normalized spacial score (nSPS) is 23.8. The topological polar surface area (TPSA) is 12.5 Å². The van der Waals surface area contributed by atoms with Crippen molar-refractivity contribution >= 4 is 0 Å². The highest BCUT2D eigenvalue weighted by Gasteiger charge is 2.22. The van der Waals surface area contributed by atoms with Crippen molar-refractivity contribution in [1.82, 2.24) is 4.90 Å². The second-order valence-electron chi connectivity index (χ2n) is 4.52. The molecular weight excluding hydrogens is 162 g/mol. The van der Waals surface area contributed by atoms with Crippen LogP contribution < -0.4 is 0 Å². The number of nitrogens with zero attached hydrogens (tertiary/aromatic N) is 1. The summed E-state index contributed by atoms with van der Waals surface area (Å²) in [6.07, 6.45) is 2.98. The molecule has 0 spiro atoms. The van der Waals surface area contributed by atoms with Gasteiger partial charge >= 0.3 is 0 Å². The van der Waals surface area contributed by atoms with Crippen LogP contribution in [0.4, 0.5) is 0 Å². The second kappa shape index (κ2) is 4.97. The van der Waals surface area contributed by atoms with Crippen LogP contribution in [0.15, 0.2) is 0 Å². The summed E-state index contributed by atoms with van der Waals surface area (Å²) in [5.41, 5.74) is 0. The van der Waals surface area contributed by atoms with E-state index in [9.17, 15) is 0 Å². The zero-order valence-electron chi connectivity index (χ0n) is 9.42. The first kappa shape index (κ1) is 11.0. The minimum Gasteiger partial charge on any atom is -0.377 e. The van der Waals surface area contributed by atoms with Crippen LogP contribution in [-0.2, 0) is 4.74 Å². The zero-order valence-corrected chi connectivity index (χ0v) is 9.42. The smallest absolute Gasteiger partial charge is 0.0703 e. The van der Waals surface area contributed by atoms with Crippen LogP contribution in [0.25, 0.3) is 0 Å². The Bertz CT molecular complexity index is 131. The van der Waals surface area contributed by atoms with Crippen LogP contribution in [0.3, 0.4) is 0 Å².